The van der Waals surface area contributed by atoms with Crippen LogP contribution in [0.1, 0.15) is 0 Å². The molecular weight excluding hydrogens is 294 g/mol. The van der Waals surface area contributed by atoms with E-state index in [0.29, 0.717) is 0 Å². The van der Waals surface area contributed by atoms with Crippen molar-refractivity contribution in [2.75, 3.05) is 0 Å². The molecule has 0 aromatic carbocycles. The second kappa shape index (κ2) is 18.3. The van der Waals surface area contributed by atoms with Gasteiger partial charge in [0.15, 0.2) is 17.4 Å². The van der Waals surface area contributed by atoms with Crippen molar-refractivity contribution in [3.63, 3.8) is 0 Å². The second-order valence-corrected chi connectivity index (χ2v) is 1.80. The average molecular weight is 310 g/mol. The molecule has 4 nitrogen and oxygen atoms in total. The minimum absolute atomic E-state index is 0. The van der Waals surface area contributed by atoms with E-state index in [1.165, 1.54) is 0 Å². The summed E-state index contributed by atoms with van der Waals surface area (Å²) in [5.41, 5.74) is 0. The first-order valence-corrected chi connectivity index (χ1v) is 2.68. The van der Waals surface area contributed by atoms with Gasteiger partial charge >= 0.3 is 92.3 Å². The maximum atomic E-state index is 7.33. The van der Waals surface area contributed by atoms with E-state index in [0.717, 1.165) is 0 Å². The molecule has 0 radical (unpaired) electrons. The molecule has 0 aliphatic carbocycles. The van der Waals surface area contributed by atoms with Crippen LogP contribution in [0, 0.1) is 0 Å². The van der Waals surface area contributed by atoms with Crippen LogP contribution >= 0.6 is 0 Å². The van der Waals surface area contributed by atoms with E-state index in [9.17, 15) is 0 Å². The van der Waals surface area contributed by atoms with Gasteiger partial charge in [0.05, 0.1) is 0 Å². The molecule has 0 aliphatic rings. The predicted octanol–water partition coefficient (Wildman–Crippen LogP) is -6.92. The van der Waals surface area contributed by atoms with Crippen molar-refractivity contribution in [2.24, 2.45) is 0 Å². The molecule has 0 aromatic heterocycles. The third-order valence-corrected chi connectivity index (χ3v) is 0. The molecule has 4 N–H and O–H groups in total. The summed E-state index contributed by atoms with van der Waals surface area (Å²) in [5, 5.41) is 0. The Hall–Kier alpha value is 3.48. The van der Waals surface area contributed by atoms with Crippen molar-refractivity contribution in [1.82, 2.24) is 0 Å². The van der Waals surface area contributed by atoms with Crippen LogP contribution in [0.5, 0.6) is 0 Å². The van der Waals surface area contributed by atoms with Crippen LogP contribution in [0.4, 0.5) is 4.70 Å². The van der Waals surface area contributed by atoms with Gasteiger partial charge in [-0.1, -0.05) is 0 Å². The molecule has 0 fully saturated rings. The molecule has 10 heavy (non-hydrogen) atoms. The molecule has 10 heteroatoms. The van der Waals surface area contributed by atoms with Crippen LogP contribution < -0.4 is 0 Å². The fourth-order valence-electron chi connectivity index (χ4n) is 0. The zero-order chi connectivity index (χ0) is 4.50. The molecule has 0 amide bonds. The Kier molecular flexibility index (Phi) is 68.7. The summed E-state index contributed by atoms with van der Waals surface area (Å²) >= 11 is 0. The molecule has 0 spiro atoms. The van der Waals surface area contributed by atoms with Crippen LogP contribution in [-0.2, 0) is 0 Å². The zero-order valence-electron chi connectivity index (χ0n) is 2.70. The van der Waals surface area contributed by atoms with E-state index in [2.05, 4.69) is 0 Å². The van der Waals surface area contributed by atoms with Crippen molar-refractivity contribution >= 4 is 121 Å². The molecule has 0 heterocycles. The number of rotatable bonds is 0. The average Bonchev–Trinajstić information content (AvgIpc) is 0.722. The molecule has 0 bridgehead atoms. The Morgan fingerprint density at radius 2 is 0.900 bits per heavy atom. The predicted molar refractivity (Wildman–Crippen MR) is 55.5 cm³/mol. The Bertz CT molecular complexity index is 38.7. The quantitative estimate of drug-likeness (QED) is 0.335. The van der Waals surface area contributed by atoms with E-state index in [4.69, 9.17) is 19.2 Å². The Morgan fingerprint density at radius 1 is 0.900 bits per heavy atom. The summed E-state index contributed by atoms with van der Waals surface area (Å²) in [5.74, 6) is 0. The normalized spacial score (nSPS) is 6.00. The van der Waals surface area contributed by atoms with Crippen LogP contribution in [0.25, 0.3) is 0 Å². The molecule has 0 unspecified atom stereocenters. The Morgan fingerprint density at radius 3 is 0.900 bits per heavy atom. The second-order valence-electron chi connectivity index (χ2n) is 0.600. The van der Waals surface area contributed by atoms with E-state index in [-0.39, 0.29) is 116 Å². The minimum atomic E-state index is -4.61. The molecule has 62 valence electrons. The Balaban J connectivity index is -0.00000000800. The first-order valence-electron chi connectivity index (χ1n) is 0.894. The summed E-state index contributed by atoms with van der Waals surface area (Å²) in [7, 11) is -4.61. The van der Waals surface area contributed by atoms with E-state index >= 15 is 0 Å². The third kappa shape index (κ3) is 104. The van der Waals surface area contributed by atoms with Crippen molar-refractivity contribution in [1.29, 1.82) is 0 Å². The summed E-state index contributed by atoms with van der Waals surface area (Å²) < 4.78 is 0. The van der Waals surface area contributed by atoms with Crippen LogP contribution in [0.3, 0.4) is 0 Å². The van der Waals surface area contributed by atoms with Gasteiger partial charge in [-0.25, -0.2) is 0 Å². The summed E-state index contributed by atoms with van der Waals surface area (Å²) in [4.78, 5) is 29.3. The van der Waals surface area contributed by atoms with Crippen molar-refractivity contribution < 1.29 is 23.9 Å². The van der Waals surface area contributed by atoms with Gasteiger partial charge in [0.2, 0.25) is 0 Å². The fraction of sp³-hybridized carbons (Fsp3) is 0. The van der Waals surface area contributed by atoms with E-state index in [1.54, 1.807) is 0 Å². The van der Waals surface area contributed by atoms with Gasteiger partial charge in [-0.05, 0) is 11.0 Å². The number of hydrogen-bond donors (Lipinski definition) is 4. The van der Waals surface area contributed by atoms with Crippen molar-refractivity contribution in [3.05, 3.63) is 0 Å². The van der Waals surface area contributed by atoms with Gasteiger partial charge in [0.1, 0.15) is 0 Å². The van der Waals surface area contributed by atoms with Crippen molar-refractivity contribution in [3.8, 4) is 0 Å². The molecule has 0 rings (SSSR count). The van der Waals surface area contributed by atoms with Crippen LogP contribution in [0.2, 0.25) is 0 Å². The third-order valence-electron chi connectivity index (χ3n) is 0. The maximum absolute atomic E-state index is 7.33. The summed E-state index contributed by atoms with van der Waals surface area (Å²) in [6.45, 7) is 0. The van der Waals surface area contributed by atoms with E-state index in [1.807, 2.05) is 0 Å². The first-order chi connectivity index (χ1) is 2.00. The molecular formula is H16AlCaFO4Si2Sr. The monoisotopic (exact) mass is 310 g/mol. The molecule has 0 saturated heterocycles. The molecule has 0 saturated carbocycles. The first kappa shape index (κ1) is 37.5. The zero-order valence-corrected chi connectivity index (χ0v) is 3.70. The van der Waals surface area contributed by atoms with Gasteiger partial charge in [0.25, 0.3) is 0 Å². The van der Waals surface area contributed by atoms with Crippen LogP contribution in [0.15, 0.2) is 0 Å². The van der Waals surface area contributed by atoms with Crippen LogP contribution in [-0.4, -0.2) is 140 Å². The van der Waals surface area contributed by atoms with E-state index < -0.39 is 9.05 Å². The van der Waals surface area contributed by atoms with Gasteiger partial charge in [-0.3, -0.25) is 4.70 Å². The SMILES string of the molecule is F.O[Si](O)(O)O.[AlH3].[CaH2].[SiH4].[SrH2]. The van der Waals surface area contributed by atoms with Gasteiger partial charge < -0.3 is 19.2 Å². The number of halogens is 1. The molecule has 0 atom stereocenters. The number of hydrogen-bond acceptors (Lipinski definition) is 4. The molecule has 0 aromatic rings. The standard InChI is InChI=1S/Al.Ca.FH.H4O4Si.H4Si.Sr.7H/c;;;1-5(2,3)4;;;;;;;;;/h;;1H;1-4H;1H4;;;;;;;;. The summed E-state index contributed by atoms with van der Waals surface area (Å²) in [6, 6.07) is 0. The van der Waals surface area contributed by atoms with Gasteiger partial charge in [-0.15, -0.1) is 0 Å². The topological polar surface area (TPSA) is 80.9 Å². The fourth-order valence-corrected chi connectivity index (χ4v) is 0. The summed E-state index contributed by atoms with van der Waals surface area (Å²) in [6.07, 6.45) is 0. The van der Waals surface area contributed by atoms with Gasteiger partial charge in [0, 0.05) is 0 Å². The molecule has 0 aliphatic heterocycles. The van der Waals surface area contributed by atoms with Gasteiger partial charge in [-0.2, -0.15) is 0 Å². The Labute approximate surface area is 141 Å². The van der Waals surface area contributed by atoms with Crippen molar-refractivity contribution in [2.45, 2.75) is 0 Å².